The number of carboxylic acid groups (broad SMARTS) is 1. The third kappa shape index (κ3) is 2.24. The molecule has 2 aromatic rings. The molecule has 0 bridgehead atoms. The molecule has 0 amide bonds. The lowest BCUT2D eigenvalue weighted by atomic mass is 10.3. The quantitative estimate of drug-likeness (QED) is 0.896. The molecule has 0 aromatic carbocycles. The molecule has 0 fully saturated rings. The zero-order valence-electron chi connectivity index (χ0n) is 8.06. The Hall–Kier alpha value is -1.20. The second-order valence-corrected chi connectivity index (χ2v) is 5.17. The summed E-state index contributed by atoms with van der Waals surface area (Å²) in [6.45, 7) is 2.03. The number of hydrogen-bond acceptors (Lipinski definition) is 4. The van der Waals surface area contributed by atoms with Gasteiger partial charge in [-0.25, -0.2) is 4.98 Å². The van der Waals surface area contributed by atoms with Crippen LogP contribution in [-0.2, 0) is 11.2 Å². The van der Waals surface area contributed by atoms with Gasteiger partial charge in [-0.3, -0.25) is 4.79 Å². The van der Waals surface area contributed by atoms with E-state index in [1.54, 1.807) is 17.5 Å². The monoisotopic (exact) mass is 239 g/mol. The molecule has 15 heavy (non-hydrogen) atoms. The summed E-state index contributed by atoms with van der Waals surface area (Å²) < 4.78 is 0. The molecule has 0 aliphatic heterocycles. The summed E-state index contributed by atoms with van der Waals surface area (Å²) in [6.07, 6.45) is 1.70. The van der Waals surface area contributed by atoms with Crippen molar-refractivity contribution in [3.8, 4) is 9.88 Å². The highest BCUT2D eigenvalue weighted by atomic mass is 32.1. The summed E-state index contributed by atoms with van der Waals surface area (Å²) >= 11 is 3.09. The van der Waals surface area contributed by atoms with Crippen molar-refractivity contribution in [1.29, 1.82) is 0 Å². The molecule has 0 aliphatic carbocycles. The predicted molar refractivity (Wildman–Crippen MR) is 61.5 cm³/mol. The third-order valence-corrected chi connectivity index (χ3v) is 4.10. The molecule has 0 atom stereocenters. The number of thiophene rings is 1. The van der Waals surface area contributed by atoms with E-state index in [0.29, 0.717) is 0 Å². The lowest BCUT2D eigenvalue weighted by Gasteiger charge is -1.91. The van der Waals surface area contributed by atoms with E-state index in [4.69, 9.17) is 5.11 Å². The van der Waals surface area contributed by atoms with Crippen molar-refractivity contribution < 1.29 is 9.90 Å². The first-order valence-electron chi connectivity index (χ1n) is 4.38. The van der Waals surface area contributed by atoms with Gasteiger partial charge < -0.3 is 5.11 Å². The molecule has 2 rings (SSSR count). The molecule has 78 valence electrons. The van der Waals surface area contributed by atoms with E-state index < -0.39 is 5.97 Å². The van der Waals surface area contributed by atoms with Crippen molar-refractivity contribution in [2.45, 2.75) is 13.3 Å². The summed E-state index contributed by atoms with van der Waals surface area (Å²) in [7, 11) is 0. The molecule has 0 spiro atoms. The minimum atomic E-state index is -0.812. The summed E-state index contributed by atoms with van der Waals surface area (Å²) in [5, 5.41) is 11.6. The third-order valence-electron chi connectivity index (χ3n) is 1.94. The minimum Gasteiger partial charge on any atom is -0.481 e. The Kier molecular flexibility index (Phi) is 2.83. The highest BCUT2D eigenvalue weighted by Gasteiger charge is 2.10. The maximum Gasteiger partial charge on any atom is 0.308 e. The fourth-order valence-electron chi connectivity index (χ4n) is 1.24. The molecule has 5 heteroatoms. The van der Waals surface area contributed by atoms with Gasteiger partial charge in [0.15, 0.2) is 0 Å². The van der Waals surface area contributed by atoms with Gasteiger partial charge in [-0.15, -0.1) is 22.7 Å². The Morgan fingerprint density at radius 3 is 3.00 bits per heavy atom. The molecule has 0 unspecified atom stereocenters. The van der Waals surface area contributed by atoms with E-state index in [2.05, 4.69) is 4.98 Å². The van der Waals surface area contributed by atoms with E-state index in [1.807, 2.05) is 18.4 Å². The van der Waals surface area contributed by atoms with E-state index >= 15 is 0 Å². The van der Waals surface area contributed by atoms with Gasteiger partial charge in [-0.2, -0.15) is 0 Å². The number of aromatic nitrogens is 1. The van der Waals surface area contributed by atoms with Gasteiger partial charge in [-0.1, -0.05) is 0 Å². The minimum absolute atomic E-state index is 0.0576. The van der Waals surface area contributed by atoms with Crippen LogP contribution >= 0.6 is 22.7 Å². The first-order valence-corrected chi connectivity index (χ1v) is 6.07. The predicted octanol–water partition coefficient (Wildman–Crippen LogP) is 2.81. The highest BCUT2D eigenvalue weighted by molar-refractivity contribution is 7.21. The molecule has 0 aliphatic rings. The van der Waals surface area contributed by atoms with Crippen LogP contribution in [-0.4, -0.2) is 16.1 Å². The number of nitrogens with zero attached hydrogens (tertiary/aromatic N) is 1. The van der Waals surface area contributed by atoms with Crippen molar-refractivity contribution in [2.75, 3.05) is 0 Å². The van der Waals surface area contributed by atoms with Crippen LogP contribution in [0.2, 0.25) is 0 Å². The summed E-state index contributed by atoms with van der Waals surface area (Å²) in [5.41, 5.74) is 1.19. The van der Waals surface area contributed by atoms with Crippen LogP contribution in [0.4, 0.5) is 0 Å². The van der Waals surface area contributed by atoms with E-state index in [-0.39, 0.29) is 6.42 Å². The normalized spacial score (nSPS) is 10.5. The van der Waals surface area contributed by atoms with Gasteiger partial charge in [0.25, 0.3) is 0 Å². The Morgan fingerprint density at radius 1 is 1.60 bits per heavy atom. The Morgan fingerprint density at radius 2 is 2.40 bits per heavy atom. The number of rotatable bonds is 3. The summed E-state index contributed by atoms with van der Waals surface area (Å²) in [6, 6.07) is 2.04. The lowest BCUT2D eigenvalue weighted by Crippen LogP contribution is -1.97. The Labute approximate surface area is 95.0 Å². The van der Waals surface area contributed by atoms with Gasteiger partial charge in [-0.05, 0) is 23.9 Å². The average molecular weight is 239 g/mol. The number of hydrogen-bond donors (Lipinski definition) is 1. The van der Waals surface area contributed by atoms with E-state index in [9.17, 15) is 4.79 Å². The van der Waals surface area contributed by atoms with Crippen LogP contribution in [0.15, 0.2) is 17.6 Å². The second-order valence-electron chi connectivity index (χ2n) is 3.13. The Balaban J connectivity index is 2.28. The van der Waals surface area contributed by atoms with Crippen molar-refractivity contribution >= 4 is 28.6 Å². The first kappa shape index (κ1) is 10.3. The molecule has 0 saturated heterocycles. The van der Waals surface area contributed by atoms with Crippen molar-refractivity contribution in [2.24, 2.45) is 0 Å². The highest BCUT2D eigenvalue weighted by Crippen LogP contribution is 2.32. The number of thiazole rings is 1. The van der Waals surface area contributed by atoms with Crippen molar-refractivity contribution in [3.63, 3.8) is 0 Å². The van der Waals surface area contributed by atoms with Crippen LogP contribution < -0.4 is 0 Å². The summed E-state index contributed by atoms with van der Waals surface area (Å²) in [5.74, 6) is -0.812. The molecule has 0 saturated carbocycles. The van der Waals surface area contributed by atoms with Crippen molar-refractivity contribution in [3.05, 3.63) is 28.1 Å². The fourth-order valence-corrected chi connectivity index (χ4v) is 3.23. The molecular formula is C10H9NO2S2. The van der Waals surface area contributed by atoms with Gasteiger partial charge in [0.2, 0.25) is 0 Å². The van der Waals surface area contributed by atoms with Crippen LogP contribution in [0.5, 0.6) is 0 Å². The average Bonchev–Trinajstić information content (AvgIpc) is 2.72. The van der Waals surface area contributed by atoms with Crippen LogP contribution in [0, 0.1) is 6.92 Å². The zero-order chi connectivity index (χ0) is 10.8. The molecule has 0 radical (unpaired) electrons. The maximum atomic E-state index is 10.5. The molecule has 2 heterocycles. The standard InChI is InChI=1S/C10H9NO2S2/c1-6-2-3-14-9(6)10-11-5-7(15-10)4-8(12)13/h2-3,5H,4H2,1H3,(H,12,13). The fraction of sp³-hybridized carbons (Fsp3) is 0.200. The van der Waals surface area contributed by atoms with Gasteiger partial charge in [0.1, 0.15) is 5.01 Å². The lowest BCUT2D eigenvalue weighted by molar-refractivity contribution is -0.136. The van der Waals surface area contributed by atoms with Gasteiger partial charge >= 0.3 is 5.97 Å². The van der Waals surface area contributed by atoms with Crippen LogP contribution in [0.25, 0.3) is 9.88 Å². The van der Waals surface area contributed by atoms with E-state index in [0.717, 1.165) is 14.8 Å². The second kappa shape index (κ2) is 4.12. The molecule has 2 aromatic heterocycles. The largest absolute Gasteiger partial charge is 0.481 e. The molecular weight excluding hydrogens is 230 g/mol. The zero-order valence-corrected chi connectivity index (χ0v) is 9.69. The van der Waals surface area contributed by atoms with Crippen LogP contribution in [0.1, 0.15) is 10.4 Å². The van der Waals surface area contributed by atoms with Crippen molar-refractivity contribution in [1.82, 2.24) is 4.98 Å². The van der Waals surface area contributed by atoms with Gasteiger partial charge in [0.05, 0.1) is 11.3 Å². The number of aliphatic carboxylic acids is 1. The van der Waals surface area contributed by atoms with E-state index in [1.165, 1.54) is 16.9 Å². The van der Waals surface area contributed by atoms with Crippen LogP contribution in [0.3, 0.4) is 0 Å². The SMILES string of the molecule is Cc1ccsc1-c1ncc(CC(=O)O)s1. The smallest absolute Gasteiger partial charge is 0.308 e. The number of carbonyl (C=O) groups is 1. The van der Waals surface area contributed by atoms with Gasteiger partial charge in [0, 0.05) is 11.1 Å². The Bertz CT molecular complexity index is 487. The molecule has 1 N–H and O–H groups in total. The number of carboxylic acids is 1. The first-order chi connectivity index (χ1) is 7.16. The topological polar surface area (TPSA) is 50.2 Å². The maximum absolute atomic E-state index is 10.5. The summed E-state index contributed by atoms with van der Waals surface area (Å²) in [4.78, 5) is 16.7. The molecule has 3 nitrogen and oxygen atoms in total. The number of aryl methyl sites for hydroxylation is 1.